The molecule has 0 saturated heterocycles. The van der Waals surface area contributed by atoms with Crippen molar-refractivity contribution in [2.45, 2.75) is 19.7 Å². The maximum Gasteiger partial charge on any atom is 0.129 e. The summed E-state index contributed by atoms with van der Waals surface area (Å²) in [6.45, 7) is 1.52. The van der Waals surface area contributed by atoms with Crippen molar-refractivity contribution in [1.29, 1.82) is 0 Å². The van der Waals surface area contributed by atoms with Crippen molar-refractivity contribution in [3.63, 3.8) is 0 Å². The van der Waals surface area contributed by atoms with Gasteiger partial charge in [0.05, 0.1) is 6.61 Å². The van der Waals surface area contributed by atoms with Gasteiger partial charge in [0, 0.05) is 19.3 Å². The highest BCUT2D eigenvalue weighted by molar-refractivity contribution is 6.29. The number of nitrogens with zero attached hydrogens (tertiary/aromatic N) is 1. The maximum atomic E-state index is 9.21. The largest absolute Gasteiger partial charge is 0.392 e. The van der Waals surface area contributed by atoms with Crippen LogP contribution in [0.4, 0.5) is 0 Å². The molecule has 0 fully saturated rings. The zero-order valence-corrected chi connectivity index (χ0v) is 10.7. The average Bonchev–Trinajstić information content (AvgIpc) is 2.41. The van der Waals surface area contributed by atoms with Crippen LogP contribution >= 0.6 is 11.6 Å². The molecule has 0 aliphatic heterocycles. The Balaban J connectivity index is 1.90. The summed E-state index contributed by atoms with van der Waals surface area (Å²) in [5.41, 5.74) is 3.15. The van der Waals surface area contributed by atoms with Crippen LogP contribution < -0.4 is 5.32 Å². The summed E-state index contributed by atoms with van der Waals surface area (Å²) >= 11 is 5.72. The summed E-state index contributed by atoms with van der Waals surface area (Å²) in [7, 11) is 0. The second kappa shape index (κ2) is 6.50. The van der Waals surface area contributed by atoms with Crippen LogP contribution in [0.3, 0.4) is 0 Å². The van der Waals surface area contributed by atoms with Crippen LogP contribution in [0.2, 0.25) is 5.15 Å². The zero-order valence-electron chi connectivity index (χ0n) is 9.94. The number of hydrogen-bond acceptors (Lipinski definition) is 3. The summed E-state index contributed by atoms with van der Waals surface area (Å²) in [5, 5.41) is 13.0. The van der Waals surface area contributed by atoms with E-state index in [2.05, 4.69) is 10.3 Å². The van der Waals surface area contributed by atoms with E-state index in [-0.39, 0.29) is 6.61 Å². The number of benzene rings is 1. The van der Waals surface area contributed by atoms with Crippen molar-refractivity contribution >= 4 is 11.6 Å². The van der Waals surface area contributed by atoms with E-state index in [1.807, 2.05) is 30.3 Å². The minimum Gasteiger partial charge on any atom is -0.392 e. The number of pyridine rings is 1. The fourth-order valence-electron chi connectivity index (χ4n) is 1.74. The predicted molar refractivity (Wildman–Crippen MR) is 72.2 cm³/mol. The molecule has 2 rings (SSSR count). The zero-order chi connectivity index (χ0) is 12.8. The van der Waals surface area contributed by atoms with E-state index in [9.17, 15) is 5.11 Å². The first-order valence-electron chi connectivity index (χ1n) is 5.78. The third-order valence-electron chi connectivity index (χ3n) is 2.72. The van der Waals surface area contributed by atoms with Crippen LogP contribution in [-0.4, -0.2) is 10.1 Å². The molecule has 0 spiro atoms. The van der Waals surface area contributed by atoms with E-state index >= 15 is 0 Å². The maximum absolute atomic E-state index is 9.21. The van der Waals surface area contributed by atoms with Crippen molar-refractivity contribution in [3.05, 3.63) is 64.4 Å². The lowest BCUT2D eigenvalue weighted by Gasteiger charge is -2.08. The molecule has 0 unspecified atom stereocenters. The van der Waals surface area contributed by atoms with E-state index in [4.69, 9.17) is 11.6 Å². The molecule has 0 bridgehead atoms. The first-order valence-corrected chi connectivity index (χ1v) is 6.16. The topological polar surface area (TPSA) is 45.1 Å². The van der Waals surface area contributed by atoms with Gasteiger partial charge in [0.2, 0.25) is 0 Å². The van der Waals surface area contributed by atoms with Crippen molar-refractivity contribution in [3.8, 4) is 0 Å². The van der Waals surface area contributed by atoms with Crippen molar-refractivity contribution < 1.29 is 5.11 Å². The van der Waals surface area contributed by atoms with E-state index < -0.39 is 0 Å². The molecule has 0 aliphatic carbocycles. The second-order valence-electron chi connectivity index (χ2n) is 4.02. The van der Waals surface area contributed by atoms with Crippen molar-refractivity contribution in [2.24, 2.45) is 0 Å². The highest BCUT2D eigenvalue weighted by atomic mass is 35.5. The number of rotatable bonds is 5. The Morgan fingerprint density at radius 2 is 1.83 bits per heavy atom. The smallest absolute Gasteiger partial charge is 0.129 e. The van der Waals surface area contributed by atoms with Gasteiger partial charge in [0.1, 0.15) is 5.15 Å². The van der Waals surface area contributed by atoms with Crippen molar-refractivity contribution in [2.75, 3.05) is 0 Å². The number of aliphatic hydroxyl groups is 1. The summed E-state index contributed by atoms with van der Waals surface area (Å²) < 4.78 is 0. The number of aliphatic hydroxyl groups excluding tert-OH is 1. The minimum atomic E-state index is 0.0698. The number of hydrogen-bond donors (Lipinski definition) is 2. The molecule has 0 radical (unpaired) electrons. The molecule has 18 heavy (non-hydrogen) atoms. The summed E-state index contributed by atoms with van der Waals surface area (Å²) in [4.78, 5) is 4.02. The SMILES string of the molecule is OCc1ccccc1CNCc1ccc(Cl)nc1. The molecule has 1 heterocycles. The van der Waals surface area contributed by atoms with Gasteiger partial charge in [-0.05, 0) is 22.8 Å². The monoisotopic (exact) mass is 262 g/mol. The Bertz CT molecular complexity index is 499. The third-order valence-corrected chi connectivity index (χ3v) is 2.95. The molecule has 0 aliphatic rings. The van der Waals surface area contributed by atoms with Gasteiger partial charge in [-0.1, -0.05) is 41.9 Å². The van der Waals surface area contributed by atoms with Gasteiger partial charge >= 0.3 is 0 Å². The lowest BCUT2D eigenvalue weighted by molar-refractivity contribution is 0.280. The molecule has 2 N–H and O–H groups in total. The van der Waals surface area contributed by atoms with Gasteiger partial charge in [-0.2, -0.15) is 0 Å². The first kappa shape index (κ1) is 13.0. The van der Waals surface area contributed by atoms with Gasteiger partial charge in [-0.15, -0.1) is 0 Å². The Hall–Kier alpha value is -1.42. The molecule has 1 aromatic heterocycles. The van der Waals surface area contributed by atoms with Gasteiger partial charge in [0.25, 0.3) is 0 Å². The molecule has 0 saturated carbocycles. The van der Waals surface area contributed by atoms with Crippen LogP contribution in [-0.2, 0) is 19.7 Å². The fraction of sp³-hybridized carbons (Fsp3) is 0.214. The Morgan fingerprint density at radius 3 is 2.50 bits per heavy atom. The molecule has 94 valence electrons. The van der Waals surface area contributed by atoms with E-state index in [0.29, 0.717) is 5.15 Å². The Labute approximate surface area is 111 Å². The molecular weight excluding hydrogens is 248 g/mol. The lowest BCUT2D eigenvalue weighted by atomic mass is 10.1. The summed E-state index contributed by atoms with van der Waals surface area (Å²) in [6.07, 6.45) is 1.76. The second-order valence-corrected chi connectivity index (χ2v) is 4.41. The first-order chi connectivity index (χ1) is 8.79. The molecule has 4 heteroatoms. The third kappa shape index (κ3) is 3.53. The quantitative estimate of drug-likeness (QED) is 0.814. The predicted octanol–water partition coefficient (Wildman–Crippen LogP) is 2.52. The van der Waals surface area contributed by atoms with Gasteiger partial charge in [0.15, 0.2) is 0 Å². The average molecular weight is 263 g/mol. The van der Waals surface area contributed by atoms with Gasteiger partial charge < -0.3 is 10.4 Å². The number of nitrogens with one attached hydrogen (secondary N) is 1. The molecule has 2 aromatic rings. The van der Waals surface area contributed by atoms with E-state index in [0.717, 1.165) is 29.8 Å². The van der Waals surface area contributed by atoms with Gasteiger partial charge in [-0.3, -0.25) is 0 Å². The van der Waals surface area contributed by atoms with Crippen LogP contribution in [0.25, 0.3) is 0 Å². The Kier molecular flexibility index (Phi) is 4.70. The standard InChI is InChI=1S/C14H15ClN2O/c15-14-6-5-11(8-17-14)7-16-9-12-3-1-2-4-13(12)10-18/h1-6,8,16,18H,7,9-10H2. The summed E-state index contributed by atoms with van der Waals surface area (Å²) in [5.74, 6) is 0. The van der Waals surface area contributed by atoms with E-state index in [1.54, 1.807) is 12.3 Å². The highest BCUT2D eigenvalue weighted by Crippen LogP contribution is 2.09. The molecule has 1 aromatic carbocycles. The van der Waals surface area contributed by atoms with Crippen LogP contribution in [0.5, 0.6) is 0 Å². The molecule has 0 atom stereocenters. The normalized spacial score (nSPS) is 10.6. The fourth-order valence-corrected chi connectivity index (χ4v) is 1.85. The lowest BCUT2D eigenvalue weighted by Crippen LogP contribution is -2.14. The van der Waals surface area contributed by atoms with Crippen LogP contribution in [0.15, 0.2) is 42.6 Å². The van der Waals surface area contributed by atoms with Gasteiger partial charge in [-0.25, -0.2) is 4.98 Å². The minimum absolute atomic E-state index is 0.0698. The van der Waals surface area contributed by atoms with Crippen LogP contribution in [0.1, 0.15) is 16.7 Å². The molecule has 3 nitrogen and oxygen atoms in total. The van der Waals surface area contributed by atoms with Crippen molar-refractivity contribution in [1.82, 2.24) is 10.3 Å². The molecule has 0 amide bonds. The number of halogens is 1. The van der Waals surface area contributed by atoms with Crippen LogP contribution in [0, 0.1) is 0 Å². The Morgan fingerprint density at radius 1 is 1.06 bits per heavy atom. The molecular formula is C14H15ClN2O. The van der Waals surface area contributed by atoms with E-state index in [1.165, 1.54) is 0 Å². The highest BCUT2D eigenvalue weighted by Gasteiger charge is 2.00. The number of aromatic nitrogens is 1. The summed E-state index contributed by atoms with van der Waals surface area (Å²) in [6, 6.07) is 11.6.